The van der Waals surface area contributed by atoms with Crippen molar-refractivity contribution in [2.75, 3.05) is 6.61 Å². The van der Waals surface area contributed by atoms with Gasteiger partial charge in [-0.2, -0.15) is 0 Å². The number of β-lactam (4-membered cyclic amide) rings is 1. The summed E-state index contributed by atoms with van der Waals surface area (Å²) in [7, 11) is 0. The molecule has 2 atom stereocenters. The molecule has 2 aliphatic rings. The number of hydroxylamine groups is 2. The van der Waals surface area contributed by atoms with Gasteiger partial charge >= 0.3 is 6.09 Å². The third kappa shape index (κ3) is 3.38. The minimum Gasteiger partial charge on any atom is -0.444 e. The van der Waals surface area contributed by atoms with Crippen molar-refractivity contribution in [3.63, 3.8) is 0 Å². The van der Waals surface area contributed by atoms with E-state index in [0.29, 0.717) is 5.06 Å². The molecule has 0 unspecified atom stereocenters. The second kappa shape index (κ2) is 6.41. The molecule has 0 spiro atoms. The summed E-state index contributed by atoms with van der Waals surface area (Å²) in [6.07, 6.45) is -0.733. The van der Waals surface area contributed by atoms with Gasteiger partial charge in [-0.1, -0.05) is 12.1 Å². The van der Waals surface area contributed by atoms with Crippen LogP contribution >= 0.6 is 0 Å². The van der Waals surface area contributed by atoms with Crippen LogP contribution in [0.1, 0.15) is 41.5 Å². The Morgan fingerprint density at radius 2 is 1.73 bits per heavy atom. The van der Waals surface area contributed by atoms with Gasteiger partial charge in [-0.3, -0.25) is 19.2 Å². The van der Waals surface area contributed by atoms with Crippen molar-refractivity contribution in [3.05, 3.63) is 35.4 Å². The molecule has 2 aliphatic heterocycles. The Labute approximate surface area is 149 Å². The molecule has 1 aromatic carbocycles. The van der Waals surface area contributed by atoms with Gasteiger partial charge in [0.1, 0.15) is 11.6 Å². The largest absolute Gasteiger partial charge is 0.444 e. The van der Waals surface area contributed by atoms with Gasteiger partial charge in [-0.15, -0.1) is 5.06 Å². The van der Waals surface area contributed by atoms with Gasteiger partial charge < -0.3 is 15.4 Å². The van der Waals surface area contributed by atoms with E-state index in [4.69, 9.17) is 9.57 Å². The third-order valence-corrected chi connectivity index (χ3v) is 3.82. The second-order valence-corrected chi connectivity index (χ2v) is 6.99. The highest BCUT2D eigenvalue weighted by Crippen LogP contribution is 2.23. The molecule has 4 amide bonds. The van der Waals surface area contributed by atoms with Crippen LogP contribution in [0, 0.1) is 0 Å². The average molecular weight is 361 g/mol. The van der Waals surface area contributed by atoms with E-state index >= 15 is 0 Å². The number of amides is 4. The number of carbonyl (C=O) groups excluding carboxylic acids is 4. The summed E-state index contributed by atoms with van der Waals surface area (Å²) in [5, 5.41) is 5.66. The number of imide groups is 1. The summed E-state index contributed by atoms with van der Waals surface area (Å²) < 4.78 is 5.11. The average Bonchev–Trinajstić information content (AvgIpc) is 2.80. The van der Waals surface area contributed by atoms with Crippen LogP contribution in [0.15, 0.2) is 24.3 Å². The Kier molecular flexibility index (Phi) is 4.41. The van der Waals surface area contributed by atoms with E-state index in [1.165, 1.54) is 12.1 Å². The number of hydrogen-bond acceptors (Lipinski definition) is 6. The minimum absolute atomic E-state index is 0.155. The first-order chi connectivity index (χ1) is 12.2. The van der Waals surface area contributed by atoms with Gasteiger partial charge in [0.25, 0.3) is 11.8 Å². The Morgan fingerprint density at radius 1 is 1.15 bits per heavy atom. The molecule has 3 rings (SSSR count). The number of nitrogens with zero attached hydrogens (tertiary/aromatic N) is 1. The fourth-order valence-electron chi connectivity index (χ4n) is 2.62. The van der Waals surface area contributed by atoms with Gasteiger partial charge in [0.2, 0.25) is 5.91 Å². The van der Waals surface area contributed by atoms with Crippen molar-refractivity contribution in [2.24, 2.45) is 0 Å². The summed E-state index contributed by atoms with van der Waals surface area (Å²) in [6.45, 7) is 4.96. The minimum atomic E-state index is -0.861. The highest BCUT2D eigenvalue weighted by Gasteiger charge is 2.43. The van der Waals surface area contributed by atoms with Crippen LogP contribution in [-0.2, 0) is 14.4 Å². The molecule has 0 aliphatic carbocycles. The summed E-state index contributed by atoms with van der Waals surface area (Å²) in [4.78, 5) is 53.2. The van der Waals surface area contributed by atoms with Crippen molar-refractivity contribution >= 4 is 23.8 Å². The smallest absolute Gasteiger partial charge is 0.408 e. The number of fused-ring (bicyclic) bond motifs is 1. The first-order valence-corrected chi connectivity index (χ1v) is 8.08. The monoisotopic (exact) mass is 361 g/mol. The molecule has 2 heterocycles. The maximum atomic E-state index is 12.2. The molecule has 0 bridgehead atoms. The molecule has 9 nitrogen and oxygen atoms in total. The molecular weight excluding hydrogens is 342 g/mol. The van der Waals surface area contributed by atoms with E-state index in [2.05, 4.69) is 10.6 Å². The van der Waals surface area contributed by atoms with Gasteiger partial charge in [-0.25, -0.2) is 4.79 Å². The van der Waals surface area contributed by atoms with E-state index in [1.807, 2.05) is 0 Å². The van der Waals surface area contributed by atoms with Crippen LogP contribution in [0.3, 0.4) is 0 Å². The normalized spacial score (nSPS) is 21.8. The maximum absolute atomic E-state index is 12.2. The number of hydrogen-bond donors (Lipinski definition) is 2. The van der Waals surface area contributed by atoms with Crippen LogP contribution in [0.2, 0.25) is 0 Å². The van der Waals surface area contributed by atoms with Crippen molar-refractivity contribution < 1.29 is 28.8 Å². The van der Waals surface area contributed by atoms with E-state index in [-0.39, 0.29) is 17.7 Å². The molecule has 26 heavy (non-hydrogen) atoms. The standard InChI is InChI=1S/C17H19N3O6/c1-17(2,3)26-16(24)19-12-11(18-13(12)21)8-25-20-14(22)9-6-4-5-7-10(9)15(20)23/h4-7,11-12H,8H2,1-3H3,(H,18,21)(H,19,24)/t11-,12+/m1/s1. The summed E-state index contributed by atoms with van der Waals surface area (Å²) in [5.74, 6) is -1.52. The molecule has 0 aromatic heterocycles. The number of ether oxygens (including phenoxy) is 1. The molecular formula is C17H19N3O6. The summed E-state index contributed by atoms with van der Waals surface area (Å²) >= 11 is 0. The van der Waals surface area contributed by atoms with Crippen LogP contribution in [0.25, 0.3) is 0 Å². The van der Waals surface area contributed by atoms with Crippen LogP contribution in [0.4, 0.5) is 4.79 Å². The second-order valence-electron chi connectivity index (χ2n) is 6.99. The van der Waals surface area contributed by atoms with Crippen LogP contribution in [0.5, 0.6) is 0 Å². The van der Waals surface area contributed by atoms with Gasteiger partial charge in [-0.05, 0) is 32.9 Å². The van der Waals surface area contributed by atoms with Gasteiger partial charge in [0.05, 0.1) is 23.8 Å². The highest BCUT2D eigenvalue weighted by atomic mass is 16.7. The van der Waals surface area contributed by atoms with E-state index in [1.54, 1.807) is 32.9 Å². The number of rotatable bonds is 4. The molecule has 0 saturated carbocycles. The molecule has 1 fully saturated rings. The maximum Gasteiger partial charge on any atom is 0.408 e. The lowest BCUT2D eigenvalue weighted by molar-refractivity contribution is -0.140. The lowest BCUT2D eigenvalue weighted by Gasteiger charge is -2.37. The lowest BCUT2D eigenvalue weighted by Crippen LogP contribution is -2.71. The predicted octanol–water partition coefficient (Wildman–Crippen LogP) is 0.606. The fraction of sp³-hybridized carbons (Fsp3) is 0.412. The Morgan fingerprint density at radius 3 is 2.23 bits per heavy atom. The Hall–Kier alpha value is -2.94. The van der Waals surface area contributed by atoms with E-state index < -0.39 is 41.5 Å². The zero-order chi connectivity index (χ0) is 19.1. The molecule has 2 N–H and O–H groups in total. The SMILES string of the molecule is CC(C)(C)OC(=O)N[C@@H]1C(=O)N[C@@H]1CON1C(=O)c2ccccc2C1=O. The summed E-state index contributed by atoms with van der Waals surface area (Å²) in [5.41, 5.74) is -0.173. The Bertz CT molecular complexity index is 750. The van der Waals surface area contributed by atoms with E-state index in [0.717, 1.165) is 0 Å². The number of alkyl carbamates (subject to hydrolysis) is 1. The number of benzene rings is 1. The first kappa shape index (κ1) is 17.9. The quantitative estimate of drug-likeness (QED) is 0.600. The van der Waals surface area contributed by atoms with Crippen molar-refractivity contribution in [2.45, 2.75) is 38.5 Å². The van der Waals surface area contributed by atoms with Crippen molar-refractivity contribution in [3.8, 4) is 0 Å². The highest BCUT2D eigenvalue weighted by molar-refractivity contribution is 6.20. The molecule has 1 aromatic rings. The van der Waals surface area contributed by atoms with Crippen LogP contribution in [-0.4, -0.2) is 53.2 Å². The molecule has 0 radical (unpaired) electrons. The number of nitrogens with one attached hydrogen (secondary N) is 2. The fourth-order valence-corrected chi connectivity index (χ4v) is 2.62. The molecule has 1 saturated heterocycles. The van der Waals surface area contributed by atoms with Gasteiger partial charge in [0.15, 0.2) is 0 Å². The first-order valence-electron chi connectivity index (χ1n) is 8.08. The Balaban J connectivity index is 1.57. The van der Waals surface area contributed by atoms with Crippen molar-refractivity contribution in [1.82, 2.24) is 15.7 Å². The molecule has 9 heteroatoms. The summed E-state index contributed by atoms with van der Waals surface area (Å²) in [6, 6.07) is 4.94. The van der Waals surface area contributed by atoms with E-state index in [9.17, 15) is 19.2 Å². The van der Waals surface area contributed by atoms with Crippen molar-refractivity contribution in [1.29, 1.82) is 0 Å². The third-order valence-electron chi connectivity index (χ3n) is 3.82. The van der Waals surface area contributed by atoms with Crippen LogP contribution < -0.4 is 10.6 Å². The lowest BCUT2D eigenvalue weighted by atomic mass is 10.0. The van der Waals surface area contributed by atoms with Gasteiger partial charge in [0, 0.05) is 0 Å². The topological polar surface area (TPSA) is 114 Å². The molecule has 138 valence electrons. The number of carbonyl (C=O) groups is 4. The zero-order valence-electron chi connectivity index (χ0n) is 14.6. The zero-order valence-corrected chi connectivity index (χ0v) is 14.6. The predicted molar refractivity (Wildman–Crippen MR) is 88.0 cm³/mol.